The number of esters is 2. The van der Waals surface area contributed by atoms with E-state index >= 15 is 0 Å². The van der Waals surface area contributed by atoms with Crippen LogP contribution in [0.1, 0.15) is 30.0 Å². The van der Waals surface area contributed by atoms with E-state index in [2.05, 4.69) is 10.1 Å². The van der Waals surface area contributed by atoms with Crippen molar-refractivity contribution < 1.29 is 32.2 Å². The summed E-state index contributed by atoms with van der Waals surface area (Å²) in [5.74, 6) is -1.11. The van der Waals surface area contributed by atoms with Crippen LogP contribution in [0, 0.1) is 0 Å². The fourth-order valence-corrected chi connectivity index (χ4v) is 3.17. The van der Waals surface area contributed by atoms with Crippen molar-refractivity contribution >= 4 is 23.3 Å². The zero-order valence-electron chi connectivity index (χ0n) is 15.2. The van der Waals surface area contributed by atoms with Crippen LogP contribution in [-0.4, -0.2) is 33.3 Å². The van der Waals surface area contributed by atoms with Gasteiger partial charge in [0.25, 0.3) is 0 Å². The van der Waals surface area contributed by atoms with Crippen LogP contribution >= 0.6 is 11.3 Å². The van der Waals surface area contributed by atoms with Crippen LogP contribution < -0.4 is 4.74 Å². The van der Waals surface area contributed by atoms with Crippen LogP contribution in [0.25, 0.3) is 16.4 Å². The number of alkyl halides is 3. The first kappa shape index (κ1) is 20.5. The number of ether oxygens (including phenoxy) is 2. The molecule has 0 aliphatic carbocycles. The van der Waals surface area contributed by atoms with Gasteiger partial charge in [0.1, 0.15) is 5.75 Å². The highest BCUT2D eigenvalue weighted by atomic mass is 32.1. The highest BCUT2D eigenvalue weighted by Crippen LogP contribution is 2.35. The summed E-state index contributed by atoms with van der Waals surface area (Å²) in [6, 6.07) is 6.82. The molecule has 0 amide bonds. The molecule has 0 saturated carbocycles. The molecule has 2 aromatic heterocycles. The Morgan fingerprint density at radius 1 is 1.24 bits per heavy atom. The van der Waals surface area contributed by atoms with E-state index in [1.165, 1.54) is 36.6 Å². The van der Waals surface area contributed by atoms with Crippen LogP contribution in [-0.2, 0) is 15.7 Å². The Labute approximate surface area is 166 Å². The van der Waals surface area contributed by atoms with E-state index in [0.29, 0.717) is 10.2 Å². The van der Waals surface area contributed by atoms with Crippen LogP contribution in [0.15, 0.2) is 35.7 Å². The van der Waals surface area contributed by atoms with Crippen molar-refractivity contribution in [3.63, 3.8) is 0 Å². The second-order valence-corrected chi connectivity index (χ2v) is 6.52. The first-order valence-corrected chi connectivity index (χ1v) is 9.16. The smallest absolute Gasteiger partial charge is 0.433 e. The summed E-state index contributed by atoms with van der Waals surface area (Å²) in [4.78, 5) is 26.8. The largest absolute Gasteiger partial charge is 0.461 e. The van der Waals surface area contributed by atoms with Gasteiger partial charge in [-0.1, -0.05) is 12.1 Å². The highest BCUT2D eigenvalue weighted by molar-refractivity contribution is 7.12. The molecule has 0 radical (unpaired) electrons. The van der Waals surface area contributed by atoms with Crippen LogP contribution in [0.2, 0.25) is 0 Å². The summed E-state index contributed by atoms with van der Waals surface area (Å²) >= 11 is 0.826. The van der Waals surface area contributed by atoms with E-state index in [9.17, 15) is 22.8 Å². The number of aromatic nitrogens is 3. The minimum Gasteiger partial charge on any atom is -0.461 e. The molecule has 0 N–H and O–H groups in total. The van der Waals surface area contributed by atoms with Crippen LogP contribution in [0.5, 0.6) is 5.75 Å². The van der Waals surface area contributed by atoms with E-state index in [-0.39, 0.29) is 28.9 Å². The fourth-order valence-electron chi connectivity index (χ4n) is 2.42. The Balaban J connectivity index is 2.04. The summed E-state index contributed by atoms with van der Waals surface area (Å²) in [6.07, 6.45) is -4.71. The van der Waals surface area contributed by atoms with Gasteiger partial charge in [-0.3, -0.25) is 4.79 Å². The lowest BCUT2D eigenvalue weighted by Gasteiger charge is -2.07. The van der Waals surface area contributed by atoms with Gasteiger partial charge in [-0.05, 0) is 25.1 Å². The molecule has 0 saturated heterocycles. The molecule has 7 nitrogen and oxygen atoms in total. The van der Waals surface area contributed by atoms with Gasteiger partial charge < -0.3 is 9.47 Å². The van der Waals surface area contributed by atoms with Gasteiger partial charge in [0.2, 0.25) is 5.13 Å². The highest BCUT2D eigenvalue weighted by Gasteiger charge is 2.37. The Hall–Kier alpha value is -3.21. The fraction of sp³-hybridized carbons (Fsp3) is 0.222. The Bertz CT molecular complexity index is 1060. The Morgan fingerprint density at radius 2 is 2.00 bits per heavy atom. The Morgan fingerprint density at radius 3 is 2.66 bits per heavy atom. The summed E-state index contributed by atoms with van der Waals surface area (Å²) < 4.78 is 51.1. The quantitative estimate of drug-likeness (QED) is 0.452. The summed E-state index contributed by atoms with van der Waals surface area (Å²) in [5, 5.41) is 5.17. The Kier molecular flexibility index (Phi) is 5.69. The molecule has 0 unspecified atom stereocenters. The third kappa shape index (κ3) is 4.62. The summed E-state index contributed by atoms with van der Waals surface area (Å²) in [6.45, 7) is 2.94. The summed E-state index contributed by atoms with van der Waals surface area (Å²) in [5.41, 5.74) is -0.849. The molecule has 0 fully saturated rings. The molecule has 0 spiro atoms. The third-order valence-corrected chi connectivity index (χ3v) is 4.37. The molecule has 3 aromatic rings. The van der Waals surface area contributed by atoms with E-state index in [1.807, 2.05) is 0 Å². The van der Waals surface area contributed by atoms with Gasteiger partial charge in [0.05, 0.1) is 12.3 Å². The van der Waals surface area contributed by atoms with Gasteiger partial charge in [-0.15, -0.1) is 11.3 Å². The molecular formula is C18H14F3N3O4S. The number of carbonyl (C=O) groups is 2. The van der Waals surface area contributed by atoms with Crippen molar-refractivity contribution in [1.29, 1.82) is 0 Å². The first-order valence-electron chi connectivity index (χ1n) is 8.28. The molecule has 0 aliphatic heterocycles. The third-order valence-electron chi connectivity index (χ3n) is 3.55. The van der Waals surface area contributed by atoms with E-state index < -0.39 is 23.8 Å². The number of carbonyl (C=O) groups excluding carboxylic acids is 2. The molecule has 29 heavy (non-hydrogen) atoms. The lowest BCUT2D eigenvalue weighted by atomic mass is 10.1. The number of benzene rings is 1. The number of thiazole rings is 1. The van der Waals surface area contributed by atoms with Crippen molar-refractivity contribution in [2.45, 2.75) is 20.0 Å². The normalized spacial score (nSPS) is 11.3. The maximum Gasteiger partial charge on any atom is 0.433 e. The molecule has 0 bridgehead atoms. The maximum atomic E-state index is 13.6. The number of rotatable bonds is 5. The monoisotopic (exact) mass is 425 g/mol. The zero-order valence-corrected chi connectivity index (χ0v) is 16.0. The zero-order chi connectivity index (χ0) is 21.2. The molecular weight excluding hydrogens is 411 g/mol. The molecule has 1 aromatic carbocycles. The average molecular weight is 425 g/mol. The van der Waals surface area contributed by atoms with Crippen LogP contribution in [0.3, 0.4) is 0 Å². The number of nitrogens with zero attached hydrogens (tertiary/aromatic N) is 3. The van der Waals surface area contributed by atoms with Crippen LogP contribution in [0.4, 0.5) is 13.2 Å². The average Bonchev–Trinajstić information content (AvgIpc) is 3.28. The topological polar surface area (TPSA) is 83.3 Å². The molecule has 2 heterocycles. The van der Waals surface area contributed by atoms with Crippen molar-refractivity contribution in [3.8, 4) is 22.1 Å². The number of hydrogen-bond acceptors (Lipinski definition) is 7. The second kappa shape index (κ2) is 8.03. The SMILES string of the molecule is CCOC(=O)c1csc(-n2nc(-c3cccc(OC(C)=O)c3)cc2C(F)(F)F)n1. The van der Waals surface area contributed by atoms with Gasteiger partial charge in [0.15, 0.2) is 11.4 Å². The minimum absolute atomic E-state index is 0.000730. The molecule has 152 valence electrons. The lowest BCUT2D eigenvalue weighted by Crippen LogP contribution is -2.13. The molecule has 0 aliphatic rings. The lowest BCUT2D eigenvalue weighted by molar-refractivity contribution is -0.142. The molecule has 11 heteroatoms. The number of halogens is 3. The van der Waals surface area contributed by atoms with Crippen molar-refractivity contribution in [3.05, 3.63) is 47.1 Å². The van der Waals surface area contributed by atoms with E-state index in [4.69, 9.17) is 9.47 Å². The van der Waals surface area contributed by atoms with Crippen molar-refractivity contribution in [2.75, 3.05) is 6.61 Å². The summed E-state index contributed by atoms with van der Waals surface area (Å²) in [7, 11) is 0. The van der Waals surface area contributed by atoms with Gasteiger partial charge in [-0.2, -0.15) is 18.3 Å². The minimum atomic E-state index is -4.71. The van der Waals surface area contributed by atoms with Gasteiger partial charge >= 0.3 is 18.1 Å². The molecule has 3 rings (SSSR count). The predicted octanol–water partition coefficient (Wildman–Crippen LogP) is 4.12. The van der Waals surface area contributed by atoms with Gasteiger partial charge in [0, 0.05) is 17.9 Å². The maximum absolute atomic E-state index is 13.6. The van der Waals surface area contributed by atoms with Crippen molar-refractivity contribution in [2.24, 2.45) is 0 Å². The molecule has 0 atom stereocenters. The predicted molar refractivity (Wildman–Crippen MR) is 96.9 cm³/mol. The standard InChI is InChI=1S/C18H14F3N3O4S/c1-3-27-16(26)14-9-29-17(22-14)24-15(18(19,20)21)8-13(23-24)11-5-4-6-12(7-11)28-10(2)25/h4-9H,3H2,1-2H3. The van der Waals surface area contributed by atoms with E-state index in [0.717, 1.165) is 17.4 Å². The number of hydrogen-bond donors (Lipinski definition) is 0. The second-order valence-electron chi connectivity index (χ2n) is 5.68. The first-order chi connectivity index (χ1) is 13.7. The van der Waals surface area contributed by atoms with E-state index in [1.54, 1.807) is 6.92 Å². The van der Waals surface area contributed by atoms with Crippen molar-refractivity contribution in [1.82, 2.24) is 14.8 Å². The van der Waals surface area contributed by atoms with Gasteiger partial charge in [-0.25, -0.2) is 14.5 Å².